The predicted octanol–water partition coefficient (Wildman–Crippen LogP) is 3.42. The van der Waals surface area contributed by atoms with Crippen molar-refractivity contribution in [3.05, 3.63) is 52.0 Å². The van der Waals surface area contributed by atoms with Gasteiger partial charge in [0.15, 0.2) is 0 Å². The lowest BCUT2D eigenvalue weighted by atomic mass is 10.2. The normalized spacial score (nSPS) is 11.4. The van der Waals surface area contributed by atoms with Gasteiger partial charge in [-0.2, -0.15) is 0 Å². The summed E-state index contributed by atoms with van der Waals surface area (Å²) in [5.41, 5.74) is 6.33. The molecule has 0 radical (unpaired) electrons. The Morgan fingerprint density at radius 2 is 1.81 bits per heavy atom. The Morgan fingerprint density at radius 1 is 1.14 bits per heavy atom. The molecule has 0 amide bonds. The summed E-state index contributed by atoms with van der Waals surface area (Å²) in [6.07, 6.45) is 0. The van der Waals surface area contributed by atoms with Crippen LogP contribution in [0.2, 0.25) is 0 Å². The monoisotopic (exact) mass is 376 g/mol. The van der Waals surface area contributed by atoms with Crippen LogP contribution >= 0.6 is 15.9 Å². The molecule has 21 heavy (non-hydrogen) atoms. The van der Waals surface area contributed by atoms with Gasteiger partial charge in [-0.3, -0.25) is 4.72 Å². The van der Waals surface area contributed by atoms with Crippen molar-refractivity contribution in [1.82, 2.24) is 0 Å². The van der Waals surface area contributed by atoms with Crippen molar-refractivity contribution in [2.75, 3.05) is 10.5 Å². The topological polar surface area (TPSA) is 72.2 Å². The van der Waals surface area contributed by atoms with Crippen molar-refractivity contribution in [1.29, 1.82) is 0 Å². The largest absolute Gasteiger partial charge is 0.398 e. The fourth-order valence-corrected chi connectivity index (χ4v) is 3.03. The number of nitrogens with one attached hydrogen (secondary N) is 1. The highest BCUT2D eigenvalue weighted by molar-refractivity contribution is 9.10. The molecule has 112 valence electrons. The Labute approximate surface area is 129 Å². The van der Waals surface area contributed by atoms with E-state index in [0.29, 0.717) is 11.8 Å². The molecular formula is C13H11BrF2N2O2S. The van der Waals surface area contributed by atoms with Crippen molar-refractivity contribution in [2.24, 2.45) is 0 Å². The molecule has 0 saturated carbocycles. The van der Waals surface area contributed by atoms with Gasteiger partial charge in [0, 0.05) is 11.8 Å². The summed E-state index contributed by atoms with van der Waals surface area (Å²) in [7, 11) is -4.02. The second-order valence-corrected chi connectivity index (χ2v) is 6.91. The van der Waals surface area contributed by atoms with E-state index >= 15 is 0 Å². The molecule has 0 unspecified atom stereocenters. The minimum absolute atomic E-state index is 0.0509. The Balaban J connectivity index is 2.42. The summed E-state index contributed by atoms with van der Waals surface area (Å²) in [5.74, 6) is -1.84. The Hall–Kier alpha value is -1.67. The summed E-state index contributed by atoms with van der Waals surface area (Å²) >= 11 is 2.87. The maximum absolute atomic E-state index is 13.6. The number of nitrogens with two attached hydrogens (primary N) is 1. The number of rotatable bonds is 3. The summed E-state index contributed by atoms with van der Waals surface area (Å²) in [4.78, 5) is -0.106. The molecule has 2 rings (SSSR count). The minimum Gasteiger partial charge on any atom is -0.398 e. The van der Waals surface area contributed by atoms with E-state index in [1.165, 1.54) is 12.1 Å². The number of hydrogen-bond donors (Lipinski definition) is 2. The first-order valence-electron chi connectivity index (χ1n) is 5.74. The maximum atomic E-state index is 13.6. The summed E-state index contributed by atoms with van der Waals surface area (Å²) in [5, 5.41) is 0. The highest BCUT2D eigenvalue weighted by atomic mass is 79.9. The van der Waals surface area contributed by atoms with Crippen LogP contribution in [0.4, 0.5) is 20.2 Å². The molecule has 0 saturated heterocycles. The van der Waals surface area contributed by atoms with Crippen LogP contribution in [0.25, 0.3) is 0 Å². The Kier molecular flexibility index (Phi) is 4.20. The molecule has 0 aliphatic rings. The van der Waals surface area contributed by atoms with Crippen LogP contribution < -0.4 is 10.5 Å². The number of sulfonamides is 1. The van der Waals surface area contributed by atoms with Crippen molar-refractivity contribution < 1.29 is 17.2 Å². The highest BCUT2D eigenvalue weighted by Crippen LogP contribution is 2.26. The average molecular weight is 377 g/mol. The Bertz CT molecular complexity index is 810. The molecule has 0 fully saturated rings. The van der Waals surface area contributed by atoms with Gasteiger partial charge in [0.2, 0.25) is 0 Å². The van der Waals surface area contributed by atoms with Gasteiger partial charge >= 0.3 is 0 Å². The molecule has 8 heteroatoms. The second-order valence-electron chi connectivity index (χ2n) is 4.37. The van der Waals surface area contributed by atoms with Crippen molar-refractivity contribution in [2.45, 2.75) is 11.8 Å². The first kappa shape index (κ1) is 15.7. The number of nitrogen functional groups attached to an aromatic ring is 1. The lowest BCUT2D eigenvalue weighted by molar-refractivity contribution is 0.579. The number of halogens is 3. The highest BCUT2D eigenvalue weighted by Gasteiger charge is 2.18. The molecule has 0 aliphatic heterocycles. The first-order chi connectivity index (χ1) is 9.70. The van der Waals surface area contributed by atoms with E-state index in [2.05, 4.69) is 20.7 Å². The lowest BCUT2D eigenvalue weighted by Crippen LogP contribution is -2.14. The van der Waals surface area contributed by atoms with Gasteiger partial charge in [-0.1, -0.05) is 6.07 Å². The molecule has 0 bridgehead atoms. The molecule has 2 aromatic carbocycles. The van der Waals surface area contributed by atoms with E-state index in [-0.39, 0.29) is 15.1 Å². The van der Waals surface area contributed by atoms with Crippen LogP contribution in [0.15, 0.2) is 39.7 Å². The molecule has 0 aromatic heterocycles. The number of hydrogen-bond acceptors (Lipinski definition) is 3. The summed E-state index contributed by atoms with van der Waals surface area (Å²) < 4.78 is 53.1. The van der Waals surface area contributed by atoms with E-state index in [1.54, 1.807) is 13.0 Å². The van der Waals surface area contributed by atoms with Gasteiger partial charge in [0.1, 0.15) is 11.6 Å². The zero-order valence-corrected chi connectivity index (χ0v) is 13.2. The van der Waals surface area contributed by atoms with Crippen LogP contribution in [0.3, 0.4) is 0 Å². The van der Waals surface area contributed by atoms with E-state index in [4.69, 9.17) is 5.73 Å². The van der Waals surface area contributed by atoms with Gasteiger partial charge < -0.3 is 5.73 Å². The third-order valence-corrected chi connectivity index (χ3v) is 4.79. The van der Waals surface area contributed by atoms with Gasteiger partial charge in [0.05, 0.1) is 15.1 Å². The van der Waals surface area contributed by atoms with Crippen molar-refractivity contribution >= 4 is 37.3 Å². The summed E-state index contributed by atoms with van der Waals surface area (Å²) in [6, 6.07) is 5.77. The zero-order chi connectivity index (χ0) is 15.8. The van der Waals surface area contributed by atoms with Crippen LogP contribution in [0.1, 0.15) is 5.56 Å². The molecule has 3 N–H and O–H groups in total. The maximum Gasteiger partial charge on any atom is 0.262 e. The third kappa shape index (κ3) is 3.33. The van der Waals surface area contributed by atoms with Crippen LogP contribution in [0, 0.1) is 18.6 Å². The number of anilines is 2. The summed E-state index contributed by atoms with van der Waals surface area (Å²) in [6.45, 7) is 1.73. The van der Waals surface area contributed by atoms with E-state index in [0.717, 1.165) is 11.6 Å². The van der Waals surface area contributed by atoms with Crippen molar-refractivity contribution in [3.63, 3.8) is 0 Å². The average Bonchev–Trinajstić information content (AvgIpc) is 2.39. The SMILES string of the molecule is Cc1ccc(S(=O)(=O)Nc2cc(Br)c(F)cc2F)cc1N. The number of aryl methyl sites for hydroxylation is 1. The molecule has 0 atom stereocenters. The van der Waals surface area contributed by atoms with E-state index in [9.17, 15) is 17.2 Å². The van der Waals surface area contributed by atoms with Crippen LogP contribution in [-0.2, 0) is 10.0 Å². The fourth-order valence-electron chi connectivity index (χ4n) is 1.59. The molecule has 0 spiro atoms. The zero-order valence-electron chi connectivity index (χ0n) is 10.8. The third-order valence-electron chi connectivity index (χ3n) is 2.82. The number of benzene rings is 2. The fraction of sp³-hybridized carbons (Fsp3) is 0.0769. The molecule has 2 aromatic rings. The van der Waals surface area contributed by atoms with Gasteiger partial charge in [-0.05, 0) is 46.6 Å². The van der Waals surface area contributed by atoms with Gasteiger partial charge in [-0.25, -0.2) is 17.2 Å². The second kappa shape index (κ2) is 5.61. The standard InChI is InChI=1S/C13H11BrF2N2O2S/c1-7-2-3-8(4-12(7)17)21(19,20)18-13-5-9(14)10(15)6-11(13)16/h2-6,18H,17H2,1H3. The Morgan fingerprint density at radius 3 is 2.43 bits per heavy atom. The van der Waals surface area contributed by atoms with Gasteiger partial charge in [-0.15, -0.1) is 0 Å². The van der Waals surface area contributed by atoms with Crippen LogP contribution in [-0.4, -0.2) is 8.42 Å². The molecule has 0 aliphatic carbocycles. The first-order valence-corrected chi connectivity index (χ1v) is 8.02. The predicted molar refractivity (Wildman–Crippen MR) is 80.5 cm³/mol. The lowest BCUT2D eigenvalue weighted by Gasteiger charge is -2.11. The van der Waals surface area contributed by atoms with E-state index in [1.807, 2.05) is 0 Å². The van der Waals surface area contributed by atoms with Crippen molar-refractivity contribution in [3.8, 4) is 0 Å². The molecule has 4 nitrogen and oxygen atoms in total. The van der Waals surface area contributed by atoms with E-state index < -0.39 is 21.7 Å². The quantitative estimate of drug-likeness (QED) is 0.636. The van der Waals surface area contributed by atoms with Gasteiger partial charge in [0.25, 0.3) is 10.0 Å². The minimum atomic E-state index is -4.02. The molecule has 0 heterocycles. The smallest absolute Gasteiger partial charge is 0.262 e. The molecular weight excluding hydrogens is 366 g/mol. The van der Waals surface area contributed by atoms with Crippen LogP contribution in [0.5, 0.6) is 0 Å².